The van der Waals surface area contributed by atoms with Gasteiger partial charge in [0, 0.05) is 6.54 Å². The predicted molar refractivity (Wildman–Crippen MR) is 101 cm³/mol. The summed E-state index contributed by atoms with van der Waals surface area (Å²) in [6.45, 7) is 2.42. The van der Waals surface area contributed by atoms with Crippen LogP contribution >= 0.6 is 11.8 Å². The van der Waals surface area contributed by atoms with E-state index >= 15 is 0 Å². The van der Waals surface area contributed by atoms with Crippen LogP contribution in [-0.2, 0) is 30.3 Å². The Morgan fingerprint density at radius 1 is 1.26 bits per heavy atom. The van der Waals surface area contributed by atoms with Crippen molar-refractivity contribution in [3.8, 4) is 5.75 Å². The molecule has 1 fully saturated rings. The monoisotopic (exact) mass is 393 g/mol. The van der Waals surface area contributed by atoms with Crippen molar-refractivity contribution in [2.75, 3.05) is 32.6 Å². The number of ether oxygens (including phenoxy) is 3. The molecule has 0 spiro atoms. The smallest absolute Gasteiger partial charge is 0.344 e. The Labute approximate surface area is 162 Å². The fourth-order valence-electron chi connectivity index (χ4n) is 2.34. The van der Waals surface area contributed by atoms with E-state index in [2.05, 4.69) is 11.7 Å². The largest absolute Gasteiger partial charge is 0.482 e. The summed E-state index contributed by atoms with van der Waals surface area (Å²) in [7, 11) is 1.28. The maximum absolute atomic E-state index is 11.9. The van der Waals surface area contributed by atoms with E-state index in [-0.39, 0.29) is 24.9 Å². The molecule has 1 aromatic rings. The van der Waals surface area contributed by atoms with Crippen molar-refractivity contribution >= 4 is 29.6 Å². The highest BCUT2D eigenvalue weighted by atomic mass is 32.2. The van der Waals surface area contributed by atoms with Crippen molar-refractivity contribution in [1.82, 2.24) is 4.90 Å². The molecule has 2 rings (SSSR count). The van der Waals surface area contributed by atoms with Gasteiger partial charge in [-0.05, 0) is 30.5 Å². The molecule has 1 heterocycles. The molecule has 0 unspecified atom stereocenters. The third kappa shape index (κ3) is 6.63. The van der Waals surface area contributed by atoms with E-state index in [1.165, 1.54) is 35.4 Å². The molecule has 1 aliphatic heterocycles. The normalized spacial score (nSPS) is 15.1. The van der Waals surface area contributed by atoms with Crippen molar-refractivity contribution < 1.29 is 28.6 Å². The molecule has 7 nitrogen and oxygen atoms in total. The van der Waals surface area contributed by atoms with E-state index in [9.17, 15) is 14.4 Å². The average molecular weight is 393 g/mol. The Morgan fingerprint density at radius 2 is 2.00 bits per heavy atom. The summed E-state index contributed by atoms with van der Waals surface area (Å²) in [6, 6.07) is 7.53. The molecule has 0 aromatic heterocycles. The van der Waals surface area contributed by atoms with Gasteiger partial charge in [0.1, 0.15) is 5.75 Å². The van der Waals surface area contributed by atoms with Crippen molar-refractivity contribution in [2.24, 2.45) is 0 Å². The van der Waals surface area contributed by atoms with Crippen LogP contribution in [0.5, 0.6) is 5.75 Å². The van der Waals surface area contributed by atoms with Gasteiger partial charge < -0.3 is 19.1 Å². The van der Waals surface area contributed by atoms with Crippen LogP contribution in [0, 0.1) is 0 Å². The summed E-state index contributed by atoms with van der Waals surface area (Å²) in [5, 5.41) is 0.553. The van der Waals surface area contributed by atoms with Gasteiger partial charge in [-0.1, -0.05) is 30.8 Å². The van der Waals surface area contributed by atoms with Gasteiger partial charge >= 0.3 is 11.9 Å². The summed E-state index contributed by atoms with van der Waals surface area (Å²) in [5.41, 5.74) is 1.19. The first-order valence-corrected chi connectivity index (χ1v) is 9.62. The lowest BCUT2D eigenvalue weighted by atomic mass is 10.2. The number of esters is 2. The quantitative estimate of drug-likeness (QED) is 0.361. The number of hydrogen-bond acceptors (Lipinski definition) is 7. The van der Waals surface area contributed by atoms with Crippen LogP contribution in [0.3, 0.4) is 0 Å². The molecule has 27 heavy (non-hydrogen) atoms. The molecular weight excluding hydrogens is 370 g/mol. The zero-order valence-corrected chi connectivity index (χ0v) is 16.3. The Balaban J connectivity index is 1.69. The Bertz CT molecular complexity index is 701. The second kappa shape index (κ2) is 10.6. The number of hydrogen-bond donors (Lipinski definition) is 0. The molecule has 0 aliphatic carbocycles. The SMILES string of the molecule is CCc1ccc(OCC(=O)OCCCN2C(=O)CS/C2=C\C(=O)OC)cc1. The molecule has 0 bridgehead atoms. The van der Waals surface area contributed by atoms with Crippen LogP contribution in [0.1, 0.15) is 18.9 Å². The van der Waals surface area contributed by atoms with Crippen molar-refractivity contribution in [3.05, 3.63) is 40.9 Å². The van der Waals surface area contributed by atoms with Gasteiger partial charge in [-0.25, -0.2) is 9.59 Å². The fraction of sp³-hybridized carbons (Fsp3) is 0.421. The summed E-state index contributed by atoms with van der Waals surface area (Å²) in [6.07, 6.45) is 2.69. The number of methoxy groups -OCH3 is 1. The number of aryl methyl sites for hydroxylation is 1. The Kier molecular flexibility index (Phi) is 8.19. The zero-order chi connectivity index (χ0) is 19.6. The minimum absolute atomic E-state index is 0.0830. The maximum atomic E-state index is 11.9. The second-order valence-electron chi connectivity index (χ2n) is 5.70. The summed E-state index contributed by atoms with van der Waals surface area (Å²) >= 11 is 1.28. The highest BCUT2D eigenvalue weighted by Gasteiger charge is 2.27. The van der Waals surface area contributed by atoms with Crippen LogP contribution in [0.4, 0.5) is 0 Å². The van der Waals surface area contributed by atoms with Gasteiger partial charge in [0.05, 0.1) is 30.6 Å². The van der Waals surface area contributed by atoms with Crippen molar-refractivity contribution in [2.45, 2.75) is 19.8 Å². The van der Waals surface area contributed by atoms with E-state index in [0.29, 0.717) is 23.7 Å². The van der Waals surface area contributed by atoms with E-state index in [0.717, 1.165) is 6.42 Å². The van der Waals surface area contributed by atoms with Gasteiger partial charge in [-0.15, -0.1) is 0 Å². The first-order chi connectivity index (χ1) is 13.0. The molecule has 1 aliphatic rings. The van der Waals surface area contributed by atoms with Gasteiger partial charge in [0.15, 0.2) is 6.61 Å². The molecule has 1 amide bonds. The highest BCUT2D eigenvalue weighted by molar-refractivity contribution is 8.04. The average Bonchev–Trinajstić information content (AvgIpc) is 3.03. The molecule has 0 N–H and O–H groups in total. The topological polar surface area (TPSA) is 82.1 Å². The second-order valence-corrected chi connectivity index (χ2v) is 6.70. The number of amides is 1. The summed E-state index contributed by atoms with van der Waals surface area (Å²) in [5.74, 6) is -0.163. The zero-order valence-electron chi connectivity index (χ0n) is 15.4. The van der Waals surface area contributed by atoms with Crippen LogP contribution in [0.15, 0.2) is 35.4 Å². The summed E-state index contributed by atoms with van der Waals surface area (Å²) in [4.78, 5) is 36.4. The van der Waals surface area contributed by atoms with Crippen molar-refractivity contribution in [1.29, 1.82) is 0 Å². The molecule has 1 saturated heterocycles. The number of carbonyl (C=O) groups excluding carboxylic acids is 3. The first-order valence-electron chi connectivity index (χ1n) is 8.63. The number of benzene rings is 1. The van der Waals surface area contributed by atoms with Crippen LogP contribution in [0.2, 0.25) is 0 Å². The van der Waals surface area contributed by atoms with Crippen LogP contribution in [0.25, 0.3) is 0 Å². The van der Waals surface area contributed by atoms with E-state index in [1.54, 1.807) is 0 Å². The maximum Gasteiger partial charge on any atom is 0.344 e. The molecule has 0 saturated carbocycles. The minimum atomic E-state index is -0.507. The van der Waals surface area contributed by atoms with E-state index in [1.807, 2.05) is 24.3 Å². The molecule has 0 radical (unpaired) electrons. The lowest BCUT2D eigenvalue weighted by Gasteiger charge is -2.16. The molecule has 0 atom stereocenters. The number of rotatable bonds is 9. The lowest BCUT2D eigenvalue weighted by Crippen LogP contribution is -2.27. The predicted octanol–water partition coefficient (Wildman–Crippen LogP) is 2.15. The van der Waals surface area contributed by atoms with Crippen LogP contribution < -0.4 is 4.74 Å². The third-order valence-electron chi connectivity index (χ3n) is 3.83. The van der Waals surface area contributed by atoms with Crippen LogP contribution in [-0.4, -0.2) is 55.4 Å². The van der Waals surface area contributed by atoms with E-state index < -0.39 is 11.9 Å². The standard InChI is InChI=1S/C19H23NO6S/c1-3-14-5-7-15(8-6-14)26-12-19(23)25-10-4-9-20-16(21)13-27-17(20)11-18(22)24-2/h5-8,11H,3-4,9-10,12-13H2,1-2H3/b17-11-. The lowest BCUT2D eigenvalue weighted by molar-refractivity contribution is -0.146. The van der Waals surface area contributed by atoms with Gasteiger partial charge in [0.2, 0.25) is 5.91 Å². The summed E-state index contributed by atoms with van der Waals surface area (Å²) < 4.78 is 15.1. The Hall–Kier alpha value is -2.48. The molecule has 146 valence electrons. The number of thioether (sulfide) groups is 1. The van der Waals surface area contributed by atoms with E-state index in [4.69, 9.17) is 9.47 Å². The Morgan fingerprint density at radius 3 is 2.67 bits per heavy atom. The molecule has 1 aromatic carbocycles. The third-order valence-corrected chi connectivity index (χ3v) is 4.86. The van der Waals surface area contributed by atoms with Gasteiger partial charge in [-0.2, -0.15) is 0 Å². The highest BCUT2D eigenvalue weighted by Crippen LogP contribution is 2.28. The van der Waals surface area contributed by atoms with Crippen molar-refractivity contribution in [3.63, 3.8) is 0 Å². The fourth-order valence-corrected chi connectivity index (χ4v) is 3.30. The number of nitrogens with zero attached hydrogens (tertiary/aromatic N) is 1. The van der Waals surface area contributed by atoms with Gasteiger partial charge in [-0.3, -0.25) is 4.79 Å². The molecular formula is C19H23NO6S. The molecule has 8 heteroatoms. The minimum Gasteiger partial charge on any atom is -0.482 e. The number of carbonyl (C=O) groups is 3. The first kappa shape index (κ1) is 20.8. The van der Waals surface area contributed by atoms with Gasteiger partial charge in [0.25, 0.3) is 0 Å².